The lowest BCUT2D eigenvalue weighted by Crippen LogP contribution is -2.47. The van der Waals surface area contributed by atoms with Crippen molar-refractivity contribution in [2.45, 2.75) is 12.5 Å². The molecule has 0 aliphatic heterocycles. The number of anilines is 1. The summed E-state index contributed by atoms with van der Waals surface area (Å²) in [5, 5.41) is 7.02. The fourth-order valence-electron chi connectivity index (χ4n) is 3.14. The van der Waals surface area contributed by atoms with Gasteiger partial charge in [0.2, 0.25) is 5.91 Å². The van der Waals surface area contributed by atoms with E-state index in [-0.39, 0.29) is 23.9 Å². The molecule has 8 nitrogen and oxygen atoms in total. The normalized spacial score (nSPS) is 12.2. The maximum absolute atomic E-state index is 12.9. The van der Waals surface area contributed by atoms with E-state index in [4.69, 9.17) is 4.55 Å². The Balaban J connectivity index is 1.79. The van der Waals surface area contributed by atoms with E-state index in [1.54, 1.807) is 24.3 Å². The van der Waals surface area contributed by atoms with Gasteiger partial charge in [-0.25, -0.2) is 0 Å². The van der Waals surface area contributed by atoms with Crippen LogP contribution in [0.2, 0.25) is 0 Å². The Bertz CT molecular complexity index is 1170. The molecule has 3 aromatic carbocycles. The summed E-state index contributed by atoms with van der Waals surface area (Å²) in [6.45, 7) is 0. The molecule has 0 aromatic heterocycles. The number of likely N-dealkylation sites (N-methyl/N-ethyl adjacent to an activating group) is 1. The van der Waals surface area contributed by atoms with E-state index in [1.807, 2.05) is 35.1 Å². The zero-order chi connectivity index (χ0) is 21.7. The molecule has 156 valence electrons. The first kappa shape index (κ1) is 21.3. The Hall–Kier alpha value is -3.43. The third-order valence-corrected chi connectivity index (χ3v) is 5.04. The second-order valence-corrected chi connectivity index (χ2v) is 7.80. The number of carbonyl (C=O) groups is 2. The van der Waals surface area contributed by atoms with Crippen molar-refractivity contribution in [3.8, 4) is 0 Å². The zero-order valence-corrected chi connectivity index (χ0v) is 16.9. The van der Waals surface area contributed by atoms with Crippen molar-refractivity contribution in [1.82, 2.24) is 10.6 Å². The van der Waals surface area contributed by atoms with E-state index in [1.165, 1.54) is 19.2 Å². The van der Waals surface area contributed by atoms with Crippen LogP contribution in [0.1, 0.15) is 15.9 Å². The second-order valence-electron chi connectivity index (χ2n) is 6.65. The highest BCUT2D eigenvalue weighted by molar-refractivity contribution is 7.87. The quantitative estimate of drug-likeness (QED) is 0.430. The van der Waals surface area contributed by atoms with Crippen LogP contribution in [0.25, 0.3) is 10.8 Å². The van der Waals surface area contributed by atoms with Crippen LogP contribution in [0, 0.1) is 0 Å². The van der Waals surface area contributed by atoms with Crippen LogP contribution in [0.5, 0.6) is 0 Å². The van der Waals surface area contributed by atoms with Gasteiger partial charge < -0.3 is 10.6 Å². The molecule has 0 aliphatic carbocycles. The SMILES string of the molecule is CNC(=O)[C@H](Cc1ccc(NS(=O)(=O)O)cc1)NC(=O)c1cccc2ccccc12. The third kappa shape index (κ3) is 5.34. The molecule has 3 aromatic rings. The number of amides is 2. The van der Waals surface area contributed by atoms with Crippen LogP contribution >= 0.6 is 0 Å². The number of rotatable bonds is 7. The summed E-state index contributed by atoms with van der Waals surface area (Å²) in [6, 6.07) is 18.2. The van der Waals surface area contributed by atoms with Gasteiger partial charge in [-0.2, -0.15) is 8.42 Å². The maximum atomic E-state index is 12.9. The fourth-order valence-corrected chi connectivity index (χ4v) is 3.57. The first-order chi connectivity index (χ1) is 14.3. The minimum absolute atomic E-state index is 0.178. The molecule has 3 rings (SSSR count). The van der Waals surface area contributed by atoms with Crippen LogP contribution in [-0.4, -0.2) is 37.9 Å². The highest BCUT2D eigenvalue weighted by Crippen LogP contribution is 2.19. The molecule has 0 unspecified atom stereocenters. The topological polar surface area (TPSA) is 125 Å². The van der Waals surface area contributed by atoms with Crippen LogP contribution in [0.15, 0.2) is 66.7 Å². The van der Waals surface area contributed by atoms with Gasteiger partial charge in [0.15, 0.2) is 0 Å². The van der Waals surface area contributed by atoms with Crippen molar-refractivity contribution >= 4 is 38.6 Å². The molecule has 9 heteroatoms. The minimum atomic E-state index is -4.37. The van der Waals surface area contributed by atoms with Crippen molar-refractivity contribution in [3.63, 3.8) is 0 Å². The Morgan fingerprint density at radius 2 is 1.63 bits per heavy atom. The van der Waals surface area contributed by atoms with E-state index in [2.05, 4.69) is 10.6 Å². The number of nitrogens with one attached hydrogen (secondary N) is 3. The molecule has 0 saturated heterocycles. The van der Waals surface area contributed by atoms with E-state index < -0.39 is 16.3 Å². The Kier molecular flexibility index (Phi) is 6.34. The Morgan fingerprint density at radius 1 is 0.967 bits per heavy atom. The Labute approximate surface area is 174 Å². The molecule has 0 bridgehead atoms. The number of fused-ring (bicyclic) bond motifs is 1. The first-order valence-electron chi connectivity index (χ1n) is 9.11. The smallest absolute Gasteiger partial charge is 0.357 e. The number of benzene rings is 3. The molecule has 0 saturated carbocycles. The minimum Gasteiger partial charge on any atom is -0.357 e. The summed E-state index contributed by atoms with van der Waals surface area (Å²) >= 11 is 0. The Morgan fingerprint density at radius 3 is 2.30 bits per heavy atom. The highest BCUT2D eigenvalue weighted by atomic mass is 32.2. The van der Waals surface area contributed by atoms with Crippen molar-refractivity contribution < 1.29 is 22.6 Å². The van der Waals surface area contributed by atoms with Gasteiger partial charge in [-0.1, -0.05) is 48.5 Å². The standard InChI is InChI=1S/C21H21N3O5S/c1-22-21(26)19(13-14-9-11-16(12-10-14)24-30(27,28)29)23-20(25)18-8-4-6-15-5-2-3-7-17(15)18/h2-12,19,24H,13H2,1H3,(H,22,26)(H,23,25)(H,27,28,29)/t19-/m0/s1. The van der Waals surface area contributed by atoms with Crippen molar-refractivity contribution in [2.24, 2.45) is 0 Å². The summed E-state index contributed by atoms with van der Waals surface area (Å²) < 4.78 is 32.5. The molecule has 0 radical (unpaired) electrons. The predicted octanol–water partition coefficient (Wildman–Crippen LogP) is 2.14. The maximum Gasteiger partial charge on any atom is 0.357 e. The molecule has 0 heterocycles. The molecule has 4 N–H and O–H groups in total. The van der Waals surface area contributed by atoms with Gasteiger partial charge in [-0.05, 0) is 34.5 Å². The summed E-state index contributed by atoms with van der Waals surface area (Å²) in [6.07, 6.45) is 0.197. The molecule has 0 fully saturated rings. The first-order valence-corrected chi connectivity index (χ1v) is 10.6. The van der Waals surface area contributed by atoms with Crippen molar-refractivity contribution in [2.75, 3.05) is 11.8 Å². The van der Waals surface area contributed by atoms with Gasteiger partial charge in [-0.3, -0.25) is 18.9 Å². The second kappa shape index (κ2) is 8.93. The summed E-state index contributed by atoms with van der Waals surface area (Å²) in [5.74, 6) is -0.728. The number of hydrogen-bond donors (Lipinski definition) is 4. The molecule has 30 heavy (non-hydrogen) atoms. The van der Waals surface area contributed by atoms with Gasteiger partial charge in [0.1, 0.15) is 6.04 Å². The summed E-state index contributed by atoms with van der Waals surface area (Å²) in [5.41, 5.74) is 1.34. The van der Waals surface area contributed by atoms with Crippen molar-refractivity contribution in [3.05, 3.63) is 77.9 Å². The average molecular weight is 427 g/mol. The van der Waals surface area contributed by atoms with E-state index in [0.29, 0.717) is 11.1 Å². The molecule has 0 spiro atoms. The van der Waals surface area contributed by atoms with Crippen LogP contribution in [-0.2, 0) is 21.5 Å². The predicted molar refractivity (Wildman–Crippen MR) is 115 cm³/mol. The van der Waals surface area contributed by atoms with Gasteiger partial charge in [0, 0.05) is 19.0 Å². The monoisotopic (exact) mass is 427 g/mol. The van der Waals surface area contributed by atoms with E-state index in [9.17, 15) is 18.0 Å². The fraction of sp³-hybridized carbons (Fsp3) is 0.143. The van der Waals surface area contributed by atoms with Crippen LogP contribution in [0.3, 0.4) is 0 Å². The molecular weight excluding hydrogens is 406 g/mol. The molecular formula is C21H21N3O5S. The lowest BCUT2D eigenvalue weighted by atomic mass is 10.0. The largest absolute Gasteiger partial charge is 0.357 e. The van der Waals surface area contributed by atoms with Crippen LogP contribution < -0.4 is 15.4 Å². The van der Waals surface area contributed by atoms with Gasteiger partial charge in [-0.15, -0.1) is 0 Å². The molecule has 2 amide bonds. The molecule has 1 atom stereocenters. The summed E-state index contributed by atoms with van der Waals surface area (Å²) in [7, 11) is -2.88. The third-order valence-electron chi connectivity index (χ3n) is 4.54. The summed E-state index contributed by atoms with van der Waals surface area (Å²) in [4.78, 5) is 25.2. The lowest BCUT2D eigenvalue weighted by molar-refractivity contribution is -0.122. The van der Waals surface area contributed by atoms with Gasteiger partial charge >= 0.3 is 10.3 Å². The zero-order valence-electron chi connectivity index (χ0n) is 16.1. The van der Waals surface area contributed by atoms with Crippen LogP contribution in [0.4, 0.5) is 5.69 Å². The number of carbonyl (C=O) groups excluding carboxylic acids is 2. The van der Waals surface area contributed by atoms with Gasteiger partial charge in [0.25, 0.3) is 5.91 Å². The average Bonchev–Trinajstić information content (AvgIpc) is 2.72. The number of hydrogen-bond acceptors (Lipinski definition) is 4. The van der Waals surface area contributed by atoms with E-state index in [0.717, 1.165) is 10.8 Å². The lowest BCUT2D eigenvalue weighted by Gasteiger charge is -2.18. The van der Waals surface area contributed by atoms with Gasteiger partial charge in [0.05, 0.1) is 5.69 Å². The van der Waals surface area contributed by atoms with E-state index >= 15 is 0 Å². The highest BCUT2D eigenvalue weighted by Gasteiger charge is 2.22. The molecule has 0 aliphatic rings. The van der Waals surface area contributed by atoms with Crippen molar-refractivity contribution in [1.29, 1.82) is 0 Å².